The lowest BCUT2D eigenvalue weighted by Gasteiger charge is -2.13. The van der Waals surface area contributed by atoms with Crippen LogP contribution in [0.15, 0.2) is 36.5 Å². The van der Waals surface area contributed by atoms with Gasteiger partial charge in [-0.1, -0.05) is 18.2 Å². The number of rotatable bonds is 3. The van der Waals surface area contributed by atoms with Crippen LogP contribution in [0.5, 0.6) is 5.75 Å². The number of alkyl halides is 3. The van der Waals surface area contributed by atoms with E-state index in [4.69, 9.17) is 5.26 Å². The van der Waals surface area contributed by atoms with Gasteiger partial charge in [-0.3, -0.25) is 0 Å². The lowest BCUT2D eigenvalue weighted by molar-refractivity contribution is -0.274. The molecule has 1 aromatic carbocycles. The minimum atomic E-state index is -4.83. The van der Waals surface area contributed by atoms with Gasteiger partial charge in [0.15, 0.2) is 0 Å². The van der Waals surface area contributed by atoms with E-state index in [1.54, 1.807) is 6.07 Å². The monoisotopic (exact) mass is 296 g/mol. The zero-order valence-corrected chi connectivity index (χ0v) is 10.5. The van der Waals surface area contributed by atoms with Crippen molar-refractivity contribution >= 4 is 0 Å². The Morgan fingerprint density at radius 1 is 1.24 bits per heavy atom. The highest BCUT2D eigenvalue weighted by molar-refractivity contribution is 5.70. The third-order valence-electron chi connectivity index (χ3n) is 2.60. The minimum Gasteiger partial charge on any atom is -0.405 e. The Morgan fingerprint density at radius 2 is 1.95 bits per heavy atom. The van der Waals surface area contributed by atoms with Gasteiger partial charge in [-0.25, -0.2) is 4.98 Å². The van der Waals surface area contributed by atoms with Crippen molar-refractivity contribution in [2.75, 3.05) is 0 Å². The molecule has 0 radical (unpaired) electrons. The van der Waals surface area contributed by atoms with Gasteiger partial charge < -0.3 is 4.74 Å². The molecule has 1 heterocycles. The van der Waals surface area contributed by atoms with Gasteiger partial charge >= 0.3 is 6.36 Å². The number of pyridine rings is 1. The fourth-order valence-corrected chi connectivity index (χ4v) is 1.77. The molecule has 0 N–H and O–H groups in total. The zero-order chi connectivity index (χ0) is 15.5. The maximum Gasteiger partial charge on any atom is 0.573 e. The van der Waals surface area contributed by atoms with Gasteiger partial charge in [-0.2, -0.15) is 9.65 Å². The molecule has 0 spiro atoms. The quantitative estimate of drug-likeness (QED) is 0.638. The summed E-state index contributed by atoms with van der Waals surface area (Å²) in [5, 5.41) is 8.60. The number of hydrogen-bond donors (Lipinski definition) is 0. The smallest absolute Gasteiger partial charge is 0.405 e. The molecule has 1 aromatic heterocycles. The van der Waals surface area contributed by atoms with Crippen LogP contribution >= 0.6 is 0 Å². The first kappa shape index (κ1) is 14.8. The van der Waals surface area contributed by atoms with Crippen molar-refractivity contribution in [1.82, 2.24) is 4.98 Å². The lowest BCUT2D eigenvalue weighted by atomic mass is 10.0. The standard InChI is InChI=1S/C14H8F4N2O/c15-13-9(5-6-19)7-10(8-20-13)11-3-1-2-4-12(11)21-14(16,17)18/h1-4,7-8H,5H2. The first-order valence-electron chi connectivity index (χ1n) is 5.77. The van der Waals surface area contributed by atoms with Gasteiger partial charge in [0.1, 0.15) is 5.75 Å². The van der Waals surface area contributed by atoms with E-state index in [1.165, 1.54) is 24.3 Å². The summed E-state index contributed by atoms with van der Waals surface area (Å²) in [5.74, 6) is -1.24. The highest BCUT2D eigenvalue weighted by atomic mass is 19.4. The minimum absolute atomic E-state index is 0.0109. The Labute approximate surface area is 117 Å². The van der Waals surface area contributed by atoms with Gasteiger partial charge in [0.05, 0.1) is 12.5 Å². The molecule has 0 aliphatic heterocycles. The summed E-state index contributed by atoms with van der Waals surface area (Å²) in [6.45, 7) is 0. The first-order valence-corrected chi connectivity index (χ1v) is 5.77. The normalized spacial score (nSPS) is 11.0. The maximum absolute atomic E-state index is 13.4. The molecular weight excluding hydrogens is 288 g/mol. The zero-order valence-electron chi connectivity index (χ0n) is 10.5. The van der Waals surface area contributed by atoms with E-state index in [1.807, 2.05) is 0 Å². The Kier molecular flexibility index (Phi) is 4.08. The number of para-hydroxylation sites is 1. The topological polar surface area (TPSA) is 45.9 Å². The predicted molar refractivity (Wildman–Crippen MR) is 65.6 cm³/mol. The van der Waals surface area contributed by atoms with E-state index < -0.39 is 18.1 Å². The molecule has 3 nitrogen and oxygen atoms in total. The average Bonchev–Trinajstić information content (AvgIpc) is 2.40. The first-order chi connectivity index (χ1) is 9.90. The molecule has 0 aliphatic carbocycles. The van der Waals surface area contributed by atoms with Crippen molar-refractivity contribution in [2.45, 2.75) is 12.8 Å². The van der Waals surface area contributed by atoms with Crippen LogP contribution < -0.4 is 4.74 Å². The van der Waals surface area contributed by atoms with Crippen LogP contribution in [0.25, 0.3) is 11.1 Å². The van der Waals surface area contributed by atoms with E-state index in [0.717, 1.165) is 12.3 Å². The fourth-order valence-electron chi connectivity index (χ4n) is 1.77. The van der Waals surface area contributed by atoms with Gasteiger partial charge in [0.2, 0.25) is 5.95 Å². The lowest BCUT2D eigenvalue weighted by Crippen LogP contribution is -2.17. The number of nitrogens with zero attached hydrogens (tertiary/aromatic N) is 2. The Balaban J connectivity index is 2.47. The van der Waals surface area contributed by atoms with Crippen LogP contribution in [0, 0.1) is 17.3 Å². The molecular formula is C14H8F4N2O. The van der Waals surface area contributed by atoms with Crippen LogP contribution in [0.2, 0.25) is 0 Å². The van der Waals surface area contributed by atoms with Gasteiger partial charge in [0.25, 0.3) is 0 Å². The van der Waals surface area contributed by atoms with Crippen LogP contribution in [0.1, 0.15) is 5.56 Å². The van der Waals surface area contributed by atoms with Crippen molar-refractivity contribution in [2.24, 2.45) is 0 Å². The van der Waals surface area contributed by atoms with Crippen molar-refractivity contribution in [1.29, 1.82) is 5.26 Å². The van der Waals surface area contributed by atoms with E-state index in [9.17, 15) is 17.6 Å². The highest BCUT2D eigenvalue weighted by Crippen LogP contribution is 2.33. The maximum atomic E-state index is 13.4. The SMILES string of the molecule is N#CCc1cc(-c2ccccc2OC(F)(F)F)cnc1F. The Bertz CT molecular complexity index is 692. The molecule has 0 saturated heterocycles. The van der Waals surface area contributed by atoms with Crippen molar-refractivity contribution in [3.63, 3.8) is 0 Å². The van der Waals surface area contributed by atoms with E-state index in [0.29, 0.717) is 0 Å². The van der Waals surface area contributed by atoms with Crippen LogP contribution in [0.3, 0.4) is 0 Å². The second kappa shape index (κ2) is 5.79. The Hall–Kier alpha value is -2.62. The van der Waals surface area contributed by atoms with Crippen molar-refractivity contribution < 1.29 is 22.3 Å². The Morgan fingerprint density at radius 3 is 2.62 bits per heavy atom. The number of ether oxygens (including phenoxy) is 1. The van der Waals surface area contributed by atoms with Gasteiger partial charge in [-0.05, 0) is 12.1 Å². The molecule has 7 heteroatoms. The van der Waals surface area contributed by atoms with E-state index in [2.05, 4.69) is 9.72 Å². The largest absolute Gasteiger partial charge is 0.573 e. The number of benzene rings is 1. The molecule has 0 saturated carbocycles. The van der Waals surface area contributed by atoms with Crippen LogP contribution in [-0.4, -0.2) is 11.3 Å². The summed E-state index contributed by atoms with van der Waals surface area (Å²) < 4.78 is 54.4. The molecule has 0 unspecified atom stereocenters. The molecule has 2 rings (SSSR count). The van der Waals surface area contributed by atoms with Gasteiger partial charge in [0, 0.05) is 22.9 Å². The molecule has 0 bridgehead atoms. The van der Waals surface area contributed by atoms with Crippen LogP contribution in [-0.2, 0) is 6.42 Å². The van der Waals surface area contributed by atoms with Crippen molar-refractivity contribution in [3.8, 4) is 22.9 Å². The molecule has 0 fully saturated rings. The molecule has 21 heavy (non-hydrogen) atoms. The summed E-state index contributed by atoms with van der Waals surface area (Å²) in [6.07, 6.45) is -3.97. The van der Waals surface area contributed by atoms with Crippen molar-refractivity contribution in [3.05, 3.63) is 48.0 Å². The average molecular weight is 296 g/mol. The molecule has 108 valence electrons. The fraction of sp³-hybridized carbons (Fsp3) is 0.143. The van der Waals surface area contributed by atoms with Crippen LogP contribution in [0.4, 0.5) is 17.6 Å². The summed E-state index contributed by atoms with van der Waals surface area (Å²) >= 11 is 0. The third kappa shape index (κ3) is 3.69. The third-order valence-corrected chi connectivity index (χ3v) is 2.60. The summed E-state index contributed by atoms with van der Waals surface area (Å²) in [7, 11) is 0. The molecule has 0 amide bonds. The molecule has 2 aromatic rings. The van der Waals surface area contributed by atoms with Gasteiger partial charge in [-0.15, -0.1) is 13.2 Å². The summed E-state index contributed by atoms with van der Waals surface area (Å²) in [6, 6.07) is 8.50. The number of hydrogen-bond acceptors (Lipinski definition) is 3. The second-order valence-corrected chi connectivity index (χ2v) is 4.05. The second-order valence-electron chi connectivity index (χ2n) is 4.05. The summed E-state index contributed by atoms with van der Waals surface area (Å²) in [4.78, 5) is 3.46. The van der Waals surface area contributed by atoms with E-state index in [-0.39, 0.29) is 23.1 Å². The van der Waals surface area contributed by atoms with E-state index >= 15 is 0 Å². The number of halogens is 4. The highest BCUT2D eigenvalue weighted by Gasteiger charge is 2.32. The number of nitriles is 1. The predicted octanol–water partition coefficient (Wildman–Crippen LogP) is 3.85. The summed E-state index contributed by atoms with van der Waals surface area (Å²) in [5.41, 5.74) is 0.361. The molecule has 0 aliphatic rings. The molecule has 0 atom stereocenters. The number of aromatic nitrogens is 1.